The highest BCUT2D eigenvalue weighted by atomic mass is 16.5. The van der Waals surface area contributed by atoms with Crippen molar-refractivity contribution in [2.75, 3.05) is 26.8 Å². The number of fused-ring (bicyclic) bond motifs is 1. The van der Waals surface area contributed by atoms with E-state index in [9.17, 15) is 4.79 Å². The molecule has 7 heteroatoms. The van der Waals surface area contributed by atoms with Crippen LogP contribution >= 0.6 is 0 Å². The zero-order valence-corrected chi connectivity index (χ0v) is 13.5. The van der Waals surface area contributed by atoms with Gasteiger partial charge in [-0.3, -0.25) is 4.79 Å². The molecule has 0 saturated carbocycles. The molecular formula is C16H20N4O3. The molecule has 0 spiro atoms. The van der Waals surface area contributed by atoms with Crippen molar-refractivity contribution < 1.29 is 14.3 Å². The van der Waals surface area contributed by atoms with Crippen LogP contribution in [0.3, 0.4) is 0 Å². The monoisotopic (exact) mass is 316 g/mol. The van der Waals surface area contributed by atoms with Gasteiger partial charge in [0.25, 0.3) is 5.91 Å². The molecule has 0 bridgehead atoms. The van der Waals surface area contributed by atoms with Crippen molar-refractivity contribution in [2.24, 2.45) is 0 Å². The molecule has 1 aliphatic rings. The number of ether oxygens (including phenoxy) is 2. The zero-order valence-electron chi connectivity index (χ0n) is 13.5. The van der Waals surface area contributed by atoms with Gasteiger partial charge in [0.05, 0.1) is 23.8 Å². The second kappa shape index (κ2) is 6.17. The maximum atomic E-state index is 12.7. The van der Waals surface area contributed by atoms with Crippen LogP contribution in [0.15, 0.2) is 24.3 Å². The van der Waals surface area contributed by atoms with E-state index < -0.39 is 5.60 Å². The van der Waals surface area contributed by atoms with Gasteiger partial charge in [-0.2, -0.15) is 0 Å². The number of nitrogens with zero attached hydrogens (tertiary/aromatic N) is 4. The van der Waals surface area contributed by atoms with Crippen molar-refractivity contribution in [3.63, 3.8) is 0 Å². The fourth-order valence-corrected chi connectivity index (χ4v) is 2.84. The number of rotatable bonds is 3. The molecule has 1 saturated heterocycles. The molecule has 1 aliphatic heterocycles. The Kier molecular flexibility index (Phi) is 4.23. The van der Waals surface area contributed by atoms with Crippen LogP contribution in [0.5, 0.6) is 0 Å². The van der Waals surface area contributed by atoms with Crippen LogP contribution in [0.25, 0.3) is 11.0 Å². The summed E-state index contributed by atoms with van der Waals surface area (Å²) in [5.41, 5.74) is 0.886. The first kappa shape index (κ1) is 15.8. The Bertz CT molecular complexity index is 719. The van der Waals surface area contributed by atoms with E-state index in [1.807, 2.05) is 38.1 Å². The molecular weight excluding hydrogens is 296 g/mol. The Morgan fingerprint density at radius 1 is 1.35 bits per heavy atom. The summed E-state index contributed by atoms with van der Waals surface area (Å²) in [6.07, 6.45) is -0.166. The Morgan fingerprint density at radius 2 is 2.09 bits per heavy atom. The number of carbonyl (C=O) groups excluding carboxylic acids is 1. The van der Waals surface area contributed by atoms with Crippen LogP contribution in [0.2, 0.25) is 0 Å². The minimum atomic E-state index is -0.443. The smallest absolute Gasteiger partial charge is 0.293 e. The van der Waals surface area contributed by atoms with Crippen LogP contribution < -0.4 is 0 Å². The highest BCUT2D eigenvalue weighted by Gasteiger charge is 2.36. The summed E-state index contributed by atoms with van der Waals surface area (Å²) in [7, 11) is 1.62. The lowest BCUT2D eigenvalue weighted by Crippen LogP contribution is -2.56. The fraction of sp³-hybridized carbons (Fsp3) is 0.500. The van der Waals surface area contributed by atoms with E-state index in [0.29, 0.717) is 30.7 Å². The second-order valence-electron chi connectivity index (χ2n) is 6.26. The predicted octanol–water partition coefficient (Wildman–Crippen LogP) is 1.29. The molecule has 1 atom stereocenters. The van der Waals surface area contributed by atoms with Gasteiger partial charge >= 0.3 is 0 Å². The van der Waals surface area contributed by atoms with Crippen LogP contribution in [0.1, 0.15) is 24.5 Å². The third-order valence-electron chi connectivity index (χ3n) is 3.67. The molecule has 2 heterocycles. The Labute approximate surface area is 134 Å². The van der Waals surface area contributed by atoms with Crippen LogP contribution in [-0.4, -0.2) is 64.5 Å². The number of para-hydroxylation sites is 1. The van der Waals surface area contributed by atoms with E-state index in [1.54, 1.807) is 12.0 Å². The van der Waals surface area contributed by atoms with E-state index in [4.69, 9.17) is 9.47 Å². The van der Waals surface area contributed by atoms with Gasteiger partial charge in [0, 0.05) is 20.2 Å². The normalized spacial score (nSPS) is 20.7. The third-order valence-corrected chi connectivity index (χ3v) is 3.67. The third kappa shape index (κ3) is 3.46. The molecule has 23 heavy (non-hydrogen) atoms. The first-order valence-corrected chi connectivity index (χ1v) is 7.54. The first-order chi connectivity index (χ1) is 11.0. The maximum Gasteiger partial charge on any atom is 0.293 e. The number of morpholine rings is 1. The summed E-state index contributed by atoms with van der Waals surface area (Å²) in [4.78, 5) is 18.8. The summed E-state index contributed by atoms with van der Waals surface area (Å²) >= 11 is 0. The summed E-state index contributed by atoms with van der Waals surface area (Å²) < 4.78 is 11.1. The maximum absolute atomic E-state index is 12.7. The molecule has 7 nitrogen and oxygen atoms in total. The molecule has 0 radical (unpaired) electrons. The first-order valence-electron chi connectivity index (χ1n) is 7.54. The molecule has 2 aromatic rings. The molecule has 0 N–H and O–H groups in total. The quantitative estimate of drug-likeness (QED) is 0.849. The van der Waals surface area contributed by atoms with Gasteiger partial charge in [0.2, 0.25) is 5.82 Å². The van der Waals surface area contributed by atoms with Gasteiger partial charge < -0.3 is 14.4 Å². The van der Waals surface area contributed by atoms with E-state index in [1.165, 1.54) is 0 Å². The van der Waals surface area contributed by atoms with Gasteiger partial charge in [-0.05, 0) is 26.0 Å². The predicted molar refractivity (Wildman–Crippen MR) is 84.1 cm³/mol. The number of methoxy groups -OCH3 is 1. The van der Waals surface area contributed by atoms with Crippen molar-refractivity contribution in [1.82, 2.24) is 20.1 Å². The molecule has 0 unspecified atom stereocenters. The van der Waals surface area contributed by atoms with Crippen LogP contribution in [-0.2, 0) is 9.47 Å². The number of aromatic nitrogens is 3. The molecule has 1 amide bonds. The van der Waals surface area contributed by atoms with Crippen molar-refractivity contribution in [2.45, 2.75) is 25.6 Å². The Balaban J connectivity index is 1.85. The van der Waals surface area contributed by atoms with Gasteiger partial charge in [0.15, 0.2) is 0 Å². The number of hydrogen-bond acceptors (Lipinski definition) is 6. The number of benzene rings is 1. The van der Waals surface area contributed by atoms with Crippen LogP contribution in [0, 0.1) is 0 Å². The summed E-state index contributed by atoms with van der Waals surface area (Å²) in [5, 5.41) is 8.05. The van der Waals surface area contributed by atoms with E-state index in [2.05, 4.69) is 15.2 Å². The molecule has 122 valence electrons. The van der Waals surface area contributed by atoms with Gasteiger partial charge in [-0.15, -0.1) is 10.2 Å². The van der Waals surface area contributed by atoms with Crippen LogP contribution in [0.4, 0.5) is 0 Å². The van der Waals surface area contributed by atoms with E-state index in [0.717, 1.165) is 0 Å². The lowest BCUT2D eigenvalue weighted by Gasteiger charge is -2.42. The van der Waals surface area contributed by atoms with Gasteiger partial charge in [-0.25, -0.2) is 4.98 Å². The van der Waals surface area contributed by atoms with Gasteiger partial charge in [-0.1, -0.05) is 12.1 Å². The van der Waals surface area contributed by atoms with Crippen molar-refractivity contribution in [3.8, 4) is 0 Å². The minimum absolute atomic E-state index is 0.109. The lowest BCUT2D eigenvalue weighted by atomic mass is 10.1. The standard InChI is InChI=1S/C16H20N4O3/c1-16(2)10-20(8-11(23-16)9-22-3)15(21)14-17-12-6-4-5-7-13(12)18-19-14/h4-7,11H,8-10H2,1-3H3/t11-/m0/s1. The highest BCUT2D eigenvalue weighted by molar-refractivity contribution is 5.92. The molecule has 1 fully saturated rings. The number of hydrogen-bond donors (Lipinski definition) is 0. The number of amides is 1. The van der Waals surface area contributed by atoms with E-state index in [-0.39, 0.29) is 17.8 Å². The molecule has 1 aromatic heterocycles. The Morgan fingerprint density at radius 3 is 2.83 bits per heavy atom. The zero-order chi connectivity index (χ0) is 16.4. The molecule has 3 rings (SSSR count). The van der Waals surface area contributed by atoms with Crippen molar-refractivity contribution in [3.05, 3.63) is 30.1 Å². The van der Waals surface area contributed by atoms with Crippen molar-refractivity contribution >= 4 is 16.9 Å². The summed E-state index contributed by atoms with van der Waals surface area (Å²) in [6, 6.07) is 7.35. The SMILES string of the molecule is COC[C@@H]1CN(C(=O)c2nnc3ccccc3n2)CC(C)(C)O1. The highest BCUT2D eigenvalue weighted by Crippen LogP contribution is 2.22. The summed E-state index contributed by atoms with van der Waals surface area (Å²) in [5.74, 6) is -0.127. The average molecular weight is 316 g/mol. The van der Waals surface area contributed by atoms with Gasteiger partial charge in [0.1, 0.15) is 5.52 Å². The Hall–Kier alpha value is -2.12. The fourth-order valence-electron chi connectivity index (χ4n) is 2.84. The topological polar surface area (TPSA) is 77.4 Å². The largest absolute Gasteiger partial charge is 0.382 e. The number of carbonyl (C=O) groups is 1. The molecule has 0 aliphatic carbocycles. The van der Waals surface area contributed by atoms with E-state index >= 15 is 0 Å². The van der Waals surface area contributed by atoms with Crippen molar-refractivity contribution in [1.29, 1.82) is 0 Å². The second-order valence-corrected chi connectivity index (χ2v) is 6.26. The average Bonchev–Trinajstić information content (AvgIpc) is 2.52. The minimum Gasteiger partial charge on any atom is -0.382 e. The molecule has 1 aromatic carbocycles. The summed E-state index contributed by atoms with van der Waals surface area (Å²) in [6.45, 7) is 5.27. The lowest BCUT2D eigenvalue weighted by molar-refractivity contribution is -0.143.